The summed E-state index contributed by atoms with van der Waals surface area (Å²) in [5.41, 5.74) is 3.24. The molecule has 7 nitrogen and oxygen atoms in total. The second-order valence-corrected chi connectivity index (χ2v) is 7.38. The van der Waals surface area contributed by atoms with Gasteiger partial charge in [0.15, 0.2) is 0 Å². The Labute approximate surface area is 170 Å². The third-order valence-corrected chi connectivity index (χ3v) is 5.38. The fraction of sp³-hybridized carbons (Fsp3) is 0.364. The lowest BCUT2D eigenvalue weighted by atomic mass is 10.2. The maximum absolute atomic E-state index is 12.2. The quantitative estimate of drug-likeness (QED) is 0.844. The minimum atomic E-state index is -0.371. The van der Waals surface area contributed by atoms with Gasteiger partial charge in [0.25, 0.3) is 0 Å². The van der Waals surface area contributed by atoms with Gasteiger partial charge in [0, 0.05) is 50.2 Å². The molecule has 4 rings (SSSR count). The van der Waals surface area contributed by atoms with Gasteiger partial charge >= 0.3 is 6.09 Å². The van der Waals surface area contributed by atoms with Crippen LogP contribution in [0.4, 0.5) is 21.9 Å². The number of ether oxygens (including phenoxy) is 1. The lowest BCUT2D eigenvalue weighted by Gasteiger charge is -2.37. The number of hydrogen-bond donors (Lipinski definition) is 1. The second-order valence-electron chi connectivity index (χ2n) is 7.38. The number of amides is 2. The molecule has 0 radical (unpaired) electrons. The molecule has 0 spiro atoms. The molecule has 2 aliphatic heterocycles. The summed E-state index contributed by atoms with van der Waals surface area (Å²) >= 11 is 0. The van der Waals surface area contributed by atoms with E-state index < -0.39 is 0 Å². The number of rotatable bonds is 5. The van der Waals surface area contributed by atoms with Crippen molar-refractivity contribution in [1.29, 1.82) is 0 Å². The van der Waals surface area contributed by atoms with Crippen molar-refractivity contribution < 1.29 is 14.3 Å². The molecule has 152 valence electrons. The van der Waals surface area contributed by atoms with Crippen molar-refractivity contribution in [3.63, 3.8) is 0 Å². The van der Waals surface area contributed by atoms with Crippen LogP contribution in [-0.4, -0.2) is 57.4 Å². The molecule has 0 bridgehead atoms. The van der Waals surface area contributed by atoms with E-state index in [0.717, 1.165) is 37.6 Å². The van der Waals surface area contributed by atoms with Crippen LogP contribution in [0.25, 0.3) is 0 Å². The average Bonchev–Trinajstić information content (AvgIpc) is 3.14. The lowest BCUT2D eigenvalue weighted by molar-refractivity contribution is -0.119. The first-order chi connectivity index (χ1) is 14.1. The predicted octanol–water partition coefficient (Wildman–Crippen LogP) is 2.47. The molecule has 2 saturated heterocycles. The molecule has 0 saturated carbocycles. The van der Waals surface area contributed by atoms with E-state index in [4.69, 9.17) is 4.74 Å². The number of cyclic esters (lactones) is 1. The van der Waals surface area contributed by atoms with Crippen LogP contribution in [0, 0.1) is 0 Å². The van der Waals surface area contributed by atoms with E-state index in [9.17, 15) is 9.59 Å². The molecule has 7 heteroatoms. The Morgan fingerprint density at radius 1 is 0.931 bits per heavy atom. The highest BCUT2D eigenvalue weighted by Gasteiger charge is 2.32. The van der Waals surface area contributed by atoms with Crippen LogP contribution in [-0.2, 0) is 9.53 Å². The number of piperazine rings is 1. The van der Waals surface area contributed by atoms with Crippen molar-refractivity contribution in [2.45, 2.75) is 13.0 Å². The van der Waals surface area contributed by atoms with E-state index in [1.165, 1.54) is 12.6 Å². The van der Waals surface area contributed by atoms with Gasteiger partial charge in [-0.2, -0.15) is 0 Å². The molecule has 2 amide bonds. The van der Waals surface area contributed by atoms with Crippen molar-refractivity contribution in [3.05, 3.63) is 54.6 Å². The molecule has 1 atom stereocenters. The Morgan fingerprint density at radius 3 is 2.07 bits per heavy atom. The molecule has 0 aliphatic carbocycles. The Hall–Kier alpha value is -3.22. The first kappa shape index (κ1) is 19.1. The summed E-state index contributed by atoms with van der Waals surface area (Å²) in [6, 6.07) is 18.5. The highest BCUT2D eigenvalue weighted by atomic mass is 16.6. The van der Waals surface area contributed by atoms with Crippen molar-refractivity contribution in [1.82, 2.24) is 5.32 Å². The van der Waals surface area contributed by atoms with Crippen LogP contribution in [0.15, 0.2) is 54.6 Å². The van der Waals surface area contributed by atoms with Gasteiger partial charge in [0.1, 0.15) is 6.10 Å². The van der Waals surface area contributed by atoms with Gasteiger partial charge in [-0.3, -0.25) is 9.69 Å². The van der Waals surface area contributed by atoms with Gasteiger partial charge in [-0.25, -0.2) is 4.79 Å². The number of hydrogen-bond acceptors (Lipinski definition) is 5. The smallest absolute Gasteiger partial charge is 0.414 e. The molecule has 2 aliphatic rings. The number of carbonyl (C=O) groups excluding carboxylic acids is 2. The summed E-state index contributed by atoms with van der Waals surface area (Å²) in [7, 11) is 0. The number of carbonyl (C=O) groups is 2. The number of nitrogens with one attached hydrogen (secondary N) is 1. The molecule has 2 aromatic rings. The average molecular weight is 394 g/mol. The zero-order chi connectivity index (χ0) is 20.2. The van der Waals surface area contributed by atoms with Crippen molar-refractivity contribution in [3.8, 4) is 0 Å². The third-order valence-electron chi connectivity index (χ3n) is 5.38. The van der Waals surface area contributed by atoms with Gasteiger partial charge in [-0.05, 0) is 36.4 Å². The van der Waals surface area contributed by atoms with Crippen LogP contribution < -0.4 is 20.0 Å². The zero-order valence-corrected chi connectivity index (χ0v) is 16.6. The van der Waals surface area contributed by atoms with Crippen LogP contribution in [0.5, 0.6) is 0 Å². The number of anilines is 3. The van der Waals surface area contributed by atoms with Crippen molar-refractivity contribution in [2.24, 2.45) is 0 Å². The summed E-state index contributed by atoms with van der Waals surface area (Å²) in [6.07, 6.45) is -0.693. The minimum Gasteiger partial charge on any atom is -0.442 e. The maximum Gasteiger partial charge on any atom is 0.414 e. The molecule has 1 N–H and O–H groups in total. The van der Waals surface area contributed by atoms with Crippen LogP contribution in [0.2, 0.25) is 0 Å². The Bertz CT molecular complexity index is 848. The van der Waals surface area contributed by atoms with Gasteiger partial charge in [-0.1, -0.05) is 18.2 Å². The molecule has 2 aromatic carbocycles. The van der Waals surface area contributed by atoms with E-state index >= 15 is 0 Å². The predicted molar refractivity (Wildman–Crippen MR) is 114 cm³/mol. The van der Waals surface area contributed by atoms with Gasteiger partial charge < -0.3 is 19.9 Å². The van der Waals surface area contributed by atoms with E-state index in [1.807, 2.05) is 18.2 Å². The van der Waals surface area contributed by atoms with Crippen LogP contribution >= 0.6 is 0 Å². The Morgan fingerprint density at radius 2 is 1.48 bits per heavy atom. The largest absolute Gasteiger partial charge is 0.442 e. The van der Waals surface area contributed by atoms with Gasteiger partial charge in [0.2, 0.25) is 5.91 Å². The summed E-state index contributed by atoms with van der Waals surface area (Å²) in [5, 5.41) is 2.69. The molecule has 2 heterocycles. The fourth-order valence-corrected chi connectivity index (χ4v) is 3.80. The first-order valence-corrected chi connectivity index (χ1v) is 9.98. The van der Waals surface area contributed by atoms with Gasteiger partial charge in [-0.15, -0.1) is 0 Å². The summed E-state index contributed by atoms with van der Waals surface area (Å²) < 4.78 is 5.34. The Kier molecular flexibility index (Phi) is 5.55. The summed E-state index contributed by atoms with van der Waals surface area (Å²) in [5.74, 6) is -0.129. The van der Waals surface area contributed by atoms with E-state index in [2.05, 4.69) is 51.5 Å². The topological polar surface area (TPSA) is 65.1 Å². The van der Waals surface area contributed by atoms with E-state index in [0.29, 0.717) is 13.1 Å². The number of nitrogens with zero attached hydrogens (tertiary/aromatic N) is 3. The number of benzene rings is 2. The molecule has 2 fully saturated rings. The maximum atomic E-state index is 12.2. The first-order valence-electron chi connectivity index (χ1n) is 9.98. The van der Waals surface area contributed by atoms with Crippen molar-refractivity contribution in [2.75, 3.05) is 54.0 Å². The van der Waals surface area contributed by atoms with Crippen LogP contribution in [0.1, 0.15) is 6.92 Å². The van der Waals surface area contributed by atoms with Gasteiger partial charge in [0.05, 0.1) is 13.1 Å². The normalized spacial score (nSPS) is 19.3. The fourth-order valence-electron chi connectivity index (χ4n) is 3.80. The number of para-hydroxylation sites is 1. The summed E-state index contributed by atoms with van der Waals surface area (Å²) in [4.78, 5) is 29.6. The highest BCUT2D eigenvalue weighted by molar-refractivity contribution is 5.90. The lowest BCUT2D eigenvalue weighted by Crippen LogP contribution is -2.46. The third kappa shape index (κ3) is 4.45. The summed E-state index contributed by atoms with van der Waals surface area (Å²) in [6.45, 7) is 6.10. The van der Waals surface area contributed by atoms with Crippen molar-refractivity contribution >= 4 is 29.1 Å². The van der Waals surface area contributed by atoms with E-state index in [-0.39, 0.29) is 18.1 Å². The second kappa shape index (κ2) is 8.43. The molecular weight excluding hydrogens is 368 g/mol. The van der Waals surface area contributed by atoms with Crippen LogP contribution in [0.3, 0.4) is 0 Å². The minimum absolute atomic E-state index is 0.129. The standard InChI is InChI=1S/C22H26N4O3/c1-17(27)23-15-21-16-26(22(28)29-21)20-9-7-19(8-10-20)25-13-11-24(12-14-25)18-5-3-2-4-6-18/h2-10,21H,11-16H2,1H3,(H,23,27)/t21-/m0/s1. The Balaban J connectivity index is 1.34. The molecular formula is C22H26N4O3. The highest BCUT2D eigenvalue weighted by Crippen LogP contribution is 2.26. The monoisotopic (exact) mass is 394 g/mol. The zero-order valence-electron chi connectivity index (χ0n) is 16.6. The molecule has 29 heavy (non-hydrogen) atoms. The molecule has 0 aromatic heterocycles. The SMILES string of the molecule is CC(=O)NC[C@H]1CN(c2ccc(N3CCN(c4ccccc4)CC3)cc2)C(=O)O1. The van der Waals surface area contributed by atoms with E-state index in [1.54, 1.807) is 4.90 Å². The molecule has 0 unspecified atom stereocenters.